The first kappa shape index (κ1) is 13.8. The minimum absolute atomic E-state index is 0.179. The number of rotatable bonds is 3. The van der Waals surface area contributed by atoms with Crippen molar-refractivity contribution in [3.63, 3.8) is 0 Å². The van der Waals surface area contributed by atoms with Crippen LogP contribution in [0.5, 0.6) is 0 Å². The van der Waals surface area contributed by atoms with Crippen molar-refractivity contribution in [1.82, 2.24) is 4.90 Å². The molecule has 0 aromatic carbocycles. The number of nitrogens with zero attached hydrogens (tertiary/aromatic N) is 2. The summed E-state index contributed by atoms with van der Waals surface area (Å²) >= 11 is 0. The van der Waals surface area contributed by atoms with Gasteiger partial charge in [-0.3, -0.25) is 4.90 Å². The van der Waals surface area contributed by atoms with Gasteiger partial charge in [-0.1, -0.05) is 0 Å². The van der Waals surface area contributed by atoms with Crippen molar-refractivity contribution >= 4 is 0 Å². The van der Waals surface area contributed by atoms with E-state index >= 15 is 0 Å². The lowest BCUT2D eigenvalue weighted by atomic mass is 9.92. The lowest BCUT2D eigenvalue weighted by Crippen LogP contribution is -2.61. The Morgan fingerprint density at radius 1 is 1.28 bits per heavy atom. The third kappa shape index (κ3) is 3.03. The molecular weight excluding hydrogens is 226 g/mol. The van der Waals surface area contributed by atoms with Crippen LogP contribution in [0.1, 0.15) is 40.5 Å². The zero-order valence-electron chi connectivity index (χ0n) is 12.0. The Balaban J connectivity index is 2.07. The van der Waals surface area contributed by atoms with E-state index in [0.29, 0.717) is 12.5 Å². The van der Waals surface area contributed by atoms with E-state index in [9.17, 15) is 5.26 Å². The fraction of sp³-hybridized carbons (Fsp3) is 0.929. The van der Waals surface area contributed by atoms with Crippen LogP contribution in [0.2, 0.25) is 0 Å². The van der Waals surface area contributed by atoms with Gasteiger partial charge in [-0.05, 0) is 46.5 Å². The van der Waals surface area contributed by atoms with Gasteiger partial charge in [0, 0.05) is 19.6 Å². The number of hydrogen-bond acceptors (Lipinski definition) is 4. The van der Waals surface area contributed by atoms with Gasteiger partial charge < -0.3 is 10.5 Å². The molecular formula is C14H25N3O. The SMILES string of the molecule is CC1(C)CN(CC(N)(C#N)C2CC2)CC(C)(C)O1. The number of morpholine rings is 1. The number of hydrogen-bond donors (Lipinski definition) is 1. The van der Waals surface area contributed by atoms with Gasteiger partial charge in [0.15, 0.2) is 0 Å². The van der Waals surface area contributed by atoms with E-state index < -0.39 is 5.54 Å². The molecule has 0 radical (unpaired) electrons. The monoisotopic (exact) mass is 251 g/mol. The number of ether oxygens (including phenoxy) is 1. The van der Waals surface area contributed by atoms with Gasteiger partial charge in [-0.25, -0.2) is 0 Å². The summed E-state index contributed by atoms with van der Waals surface area (Å²) in [6.45, 7) is 10.7. The van der Waals surface area contributed by atoms with Crippen LogP contribution in [0.25, 0.3) is 0 Å². The fourth-order valence-electron chi connectivity index (χ4n) is 3.28. The average molecular weight is 251 g/mol. The molecule has 2 fully saturated rings. The highest BCUT2D eigenvalue weighted by Crippen LogP contribution is 2.39. The van der Waals surface area contributed by atoms with Crippen molar-refractivity contribution in [2.24, 2.45) is 11.7 Å². The van der Waals surface area contributed by atoms with Gasteiger partial charge in [0.25, 0.3) is 0 Å². The Labute approximate surface area is 110 Å². The van der Waals surface area contributed by atoms with Gasteiger partial charge in [0.1, 0.15) is 5.54 Å². The van der Waals surface area contributed by atoms with Crippen molar-refractivity contribution in [3.05, 3.63) is 0 Å². The quantitative estimate of drug-likeness (QED) is 0.826. The molecule has 0 bridgehead atoms. The van der Waals surface area contributed by atoms with E-state index in [2.05, 4.69) is 38.7 Å². The van der Waals surface area contributed by atoms with Gasteiger partial charge in [-0.2, -0.15) is 5.26 Å². The molecule has 1 atom stereocenters. The second-order valence-electron chi connectivity index (χ2n) is 7.19. The topological polar surface area (TPSA) is 62.3 Å². The van der Waals surface area contributed by atoms with Crippen molar-refractivity contribution in [1.29, 1.82) is 5.26 Å². The molecule has 1 aliphatic carbocycles. The van der Waals surface area contributed by atoms with Gasteiger partial charge in [-0.15, -0.1) is 0 Å². The Morgan fingerprint density at radius 2 is 1.78 bits per heavy atom. The summed E-state index contributed by atoms with van der Waals surface area (Å²) < 4.78 is 6.05. The van der Waals surface area contributed by atoms with Crippen molar-refractivity contribution in [3.8, 4) is 6.07 Å². The van der Waals surface area contributed by atoms with E-state index in [4.69, 9.17) is 10.5 Å². The first-order chi connectivity index (χ1) is 8.16. The molecule has 0 amide bonds. The summed E-state index contributed by atoms with van der Waals surface area (Å²) in [5.41, 5.74) is 5.23. The zero-order chi connectivity index (χ0) is 13.6. The lowest BCUT2D eigenvalue weighted by molar-refractivity contribution is -0.182. The summed E-state index contributed by atoms with van der Waals surface area (Å²) in [6, 6.07) is 2.34. The summed E-state index contributed by atoms with van der Waals surface area (Å²) in [4.78, 5) is 2.30. The molecule has 0 spiro atoms. The Kier molecular flexibility index (Phi) is 3.21. The molecule has 1 aliphatic heterocycles. The molecule has 1 saturated heterocycles. The molecule has 1 saturated carbocycles. The highest BCUT2D eigenvalue weighted by Gasteiger charge is 2.46. The molecule has 18 heavy (non-hydrogen) atoms. The number of nitrogens with two attached hydrogens (primary N) is 1. The highest BCUT2D eigenvalue weighted by molar-refractivity contribution is 5.15. The molecule has 1 unspecified atom stereocenters. The lowest BCUT2D eigenvalue weighted by Gasteiger charge is -2.48. The van der Waals surface area contributed by atoms with E-state index in [1.807, 2.05) is 0 Å². The van der Waals surface area contributed by atoms with Crippen LogP contribution in [0, 0.1) is 17.2 Å². The Morgan fingerprint density at radius 3 is 2.17 bits per heavy atom. The number of nitriles is 1. The molecule has 1 heterocycles. The van der Waals surface area contributed by atoms with E-state index in [1.54, 1.807) is 0 Å². The summed E-state index contributed by atoms with van der Waals surface area (Å²) in [7, 11) is 0. The normalized spacial score (nSPS) is 30.4. The Bertz CT molecular complexity index is 352. The second kappa shape index (κ2) is 4.19. The molecule has 4 heteroatoms. The van der Waals surface area contributed by atoms with E-state index in [-0.39, 0.29) is 11.2 Å². The predicted molar refractivity (Wildman–Crippen MR) is 70.9 cm³/mol. The molecule has 2 aliphatic rings. The van der Waals surface area contributed by atoms with Crippen LogP contribution in [0.4, 0.5) is 0 Å². The van der Waals surface area contributed by atoms with E-state index in [1.165, 1.54) is 0 Å². The summed E-state index contributed by atoms with van der Waals surface area (Å²) in [6.07, 6.45) is 2.20. The van der Waals surface area contributed by atoms with E-state index in [0.717, 1.165) is 25.9 Å². The van der Waals surface area contributed by atoms with Crippen molar-refractivity contribution in [2.75, 3.05) is 19.6 Å². The molecule has 2 rings (SSSR count). The third-order valence-electron chi connectivity index (χ3n) is 3.76. The van der Waals surface area contributed by atoms with Crippen LogP contribution >= 0.6 is 0 Å². The molecule has 102 valence electrons. The maximum atomic E-state index is 9.35. The minimum Gasteiger partial charge on any atom is -0.367 e. The molecule has 0 aromatic rings. The molecule has 0 aromatic heterocycles. The smallest absolute Gasteiger partial charge is 0.119 e. The Hall–Kier alpha value is -0.630. The summed E-state index contributed by atoms with van der Waals surface area (Å²) in [5.74, 6) is 0.386. The summed E-state index contributed by atoms with van der Waals surface area (Å²) in [5, 5.41) is 9.35. The van der Waals surface area contributed by atoms with Crippen LogP contribution in [0.15, 0.2) is 0 Å². The van der Waals surface area contributed by atoms with Crippen LogP contribution in [-0.2, 0) is 4.74 Å². The average Bonchev–Trinajstić information content (AvgIpc) is 2.94. The minimum atomic E-state index is -0.677. The predicted octanol–water partition coefficient (Wildman–Crippen LogP) is 1.51. The molecule has 2 N–H and O–H groups in total. The van der Waals surface area contributed by atoms with Crippen molar-refractivity contribution < 1.29 is 4.74 Å². The van der Waals surface area contributed by atoms with Crippen molar-refractivity contribution in [2.45, 2.75) is 57.3 Å². The largest absolute Gasteiger partial charge is 0.367 e. The first-order valence-corrected chi connectivity index (χ1v) is 6.79. The van der Waals surface area contributed by atoms with Crippen LogP contribution < -0.4 is 5.73 Å². The zero-order valence-corrected chi connectivity index (χ0v) is 12.0. The van der Waals surface area contributed by atoms with Crippen LogP contribution in [-0.4, -0.2) is 41.3 Å². The van der Waals surface area contributed by atoms with Gasteiger partial charge in [0.05, 0.1) is 17.3 Å². The maximum absolute atomic E-state index is 9.35. The van der Waals surface area contributed by atoms with Gasteiger partial charge in [0.2, 0.25) is 0 Å². The highest BCUT2D eigenvalue weighted by atomic mass is 16.5. The first-order valence-electron chi connectivity index (χ1n) is 6.79. The third-order valence-corrected chi connectivity index (χ3v) is 3.76. The second-order valence-corrected chi connectivity index (χ2v) is 7.19. The van der Waals surface area contributed by atoms with Crippen LogP contribution in [0.3, 0.4) is 0 Å². The fourth-order valence-corrected chi connectivity index (χ4v) is 3.28. The van der Waals surface area contributed by atoms with Gasteiger partial charge >= 0.3 is 0 Å². The molecule has 4 nitrogen and oxygen atoms in total. The maximum Gasteiger partial charge on any atom is 0.119 e. The standard InChI is InChI=1S/C14H25N3O/c1-12(2)8-17(9-13(3,4)18-12)10-14(16,7-15)11-5-6-11/h11H,5-6,8-10,16H2,1-4H3.